The Balaban J connectivity index is 1.47. The van der Waals surface area contributed by atoms with E-state index in [1.54, 1.807) is 30.8 Å². The minimum Gasteiger partial charge on any atom is -0.459 e. The molecular weight excluding hydrogens is 404 g/mol. The molecule has 2 fully saturated rings. The number of aromatic nitrogens is 3. The maximum Gasteiger partial charge on any atom is 0.289 e. The second-order valence-corrected chi connectivity index (χ2v) is 8.56. The van der Waals surface area contributed by atoms with Crippen molar-refractivity contribution in [3.05, 3.63) is 60.6 Å². The van der Waals surface area contributed by atoms with Gasteiger partial charge in [0.05, 0.1) is 12.0 Å². The van der Waals surface area contributed by atoms with Gasteiger partial charge in [-0.2, -0.15) is 0 Å². The number of rotatable bonds is 4. The Bertz CT molecular complexity index is 1050. The molecule has 3 aromatic heterocycles. The van der Waals surface area contributed by atoms with E-state index in [0.29, 0.717) is 12.3 Å². The first-order valence-electron chi connectivity index (χ1n) is 11.2. The number of carbonyl (C=O) groups is 1. The van der Waals surface area contributed by atoms with E-state index in [-0.39, 0.29) is 11.8 Å². The second-order valence-electron chi connectivity index (χ2n) is 8.56. The van der Waals surface area contributed by atoms with Crippen LogP contribution in [0.1, 0.15) is 35.0 Å². The van der Waals surface area contributed by atoms with Gasteiger partial charge in [-0.1, -0.05) is 0 Å². The van der Waals surface area contributed by atoms with Gasteiger partial charge in [0, 0.05) is 69.3 Å². The number of nitrogens with zero attached hydrogens (tertiary/aromatic N) is 6. The van der Waals surface area contributed by atoms with Crippen molar-refractivity contribution >= 4 is 11.9 Å². The topological polar surface area (TPSA) is 78.6 Å². The summed E-state index contributed by atoms with van der Waals surface area (Å²) in [4.78, 5) is 33.4. The molecule has 0 N–H and O–H groups in total. The van der Waals surface area contributed by atoms with Crippen LogP contribution in [0.2, 0.25) is 0 Å². The van der Waals surface area contributed by atoms with Crippen LogP contribution < -0.4 is 4.90 Å². The molecule has 166 valence electrons. The Kier molecular flexibility index (Phi) is 5.85. The van der Waals surface area contributed by atoms with Gasteiger partial charge in [-0.05, 0) is 49.7 Å². The molecule has 0 aliphatic carbocycles. The number of anilines is 1. The van der Waals surface area contributed by atoms with Crippen molar-refractivity contribution in [2.45, 2.75) is 18.8 Å². The van der Waals surface area contributed by atoms with Crippen molar-refractivity contribution < 1.29 is 9.21 Å². The Morgan fingerprint density at radius 3 is 2.66 bits per heavy atom. The SMILES string of the molecule is CN1CCN(c2ncc(-c3ccncc3)c([C@@H]3CCCN(C(=O)c4ccco4)C3)n2)CC1. The lowest BCUT2D eigenvalue weighted by atomic mass is 9.90. The Hall–Kier alpha value is -3.26. The van der Waals surface area contributed by atoms with Gasteiger partial charge in [-0.3, -0.25) is 9.78 Å². The number of piperidine rings is 1. The van der Waals surface area contributed by atoms with Gasteiger partial charge in [-0.25, -0.2) is 9.97 Å². The number of likely N-dealkylation sites (tertiary alicyclic amines) is 1. The summed E-state index contributed by atoms with van der Waals surface area (Å²) in [5, 5.41) is 0. The highest BCUT2D eigenvalue weighted by Gasteiger charge is 2.30. The summed E-state index contributed by atoms with van der Waals surface area (Å²) in [5.74, 6) is 1.25. The molecule has 8 nitrogen and oxygen atoms in total. The highest BCUT2D eigenvalue weighted by atomic mass is 16.3. The van der Waals surface area contributed by atoms with Gasteiger partial charge >= 0.3 is 0 Å². The van der Waals surface area contributed by atoms with Crippen LogP contribution in [-0.4, -0.2) is 77.0 Å². The molecule has 0 saturated carbocycles. The van der Waals surface area contributed by atoms with Crippen LogP contribution in [0.5, 0.6) is 0 Å². The third-order valence-electron chi connectivity index (χ3n) is 6.41. The van der Waals surface area contributed by atoms with Crippen molar-refractivity contribution in [3.63, 3.8) is 0 Å². The summed E-state index contributed by atoms with van der Waals surface area (Å²) in [6.07, 6.45) is 8.99. The third-order valence-corrected chi connectivity index (χ3v) is 6.41. The third kappa shape index (κ3) is 4.23. The molecule has 5 rings (SSSR count). The number of hydrogen-bond acceptors (Lipinski definition) is 7. The Labute approximate surface area is 187 Å². The van der Waals surface area contributed by atoms with Gasteiger partial charge in [0.1, 0.15) is 0 Å². The molecule has 8 heteroatoms. The molecule has 1 atom stereocenters. The number of furan rings is 1. The van der Waals surface area contributed by atoms with E-state index >= 15 is 0 Å². The summed E-state index contributed by atoms with van der Waals surface area (Å²) < 4.78 is 5.36. The van der Waals surface area contributed by atoms with E-state index in [1.165, 1.54) is 0 Å². The van der Waals surface area contributed by atoms with Crippen LogP contribution in [0, 0.1) is 0 Å². The van der Waals surface area contributed by atoms with E-state index in [0.717, 1.165) is 68.3 Å². The van der Waals surface area contributed by atoms with Gasteiger partial charge in [-0.15, -0.1) is 0 Å². The molecule has 0 spiro atoms. The molecule has 2 aliphatic rings. The molecule has 1 amide bonds. The van der Waals surface area contributed by atoms with Gasteiger partial charge in [0.15, 0.2) is 5.76 Å². The van der Waals surface area contributed by atoms with Crippen LogP contribution in [0.4, 0.5) is 5.95 Å². The monoisotopic (exact) mass is 432 g/mol. The van der Waals surface area contributed by atoms with Crippen LogP contribution in [0.3, 0.4) is 0 Å². The summed E-state index contributed by atoms with van der Waals surface area (Å²) in [5.41, 5.74) is 3.08. The molecule has 0 aromatic carbocycles. The smallest absolute Gasteiger partial charge is 0.289 e. The Morgan fingerprint density at radius 2 is 1.91 bits per heavy atom. The number of carbonyl (C=O) groups excluding carboxylic acids is 1. The number of pyridine rings is 1. The van der Waals surface area contributed by atoms with Crippen molar-refractivity contribution in [2.75, 3.05) is 51.2 Å². The predicted octanol–water partition coefficient (Wildman–Crippen LogP) is 2.90. The van der Waals surface area contributed by atoms with E-state index in [2.05, 4.69) is 21.8 Å². The van der Waals surface area contributed by atoms with E-state index in [9.17, 15) is 4.79 Å². The molecule has 5 heterocycles. The molecule has 0 radical (unpaired) electrons. The largest absolute Gasteiger partial charge is 0.459 e. The van der Waals surface area contributed by atoms with Crippen molar-refractivity contribution in [3.8, 4) is 11.1 Å². The summed E-state index contributed by atoms with van der Waals surface area (Å²) in [7, 11) is 2.14. The zero-order valence-electron chi connectivity index (χ0n) is 18.4. The molecular formula is C24H28N6O2. The molecule has 0 bridgehead atoms. The lowest BCUT2D eigenvalue weighted by molar-refractivity contribution is 0.0674. The van der Waals surface area contributed by atoms with Crippen LogP contribution in [-0.2, 0) is 0 Å². The average molecular weight is 433 g/mol. The lowest BCUT2D eigenvalue weighted by Crippen LogP contribution is -2.45. The van der Waals surface area contributed by atoms with Crippen LogP contribution in [0.25, 0.3) is 11.1 Å². The lowest BCUT2D eigenvalue weighted by Gasteiger charge is -2.35. The van der Waals surface area contributed by atoms with Crippen LogP contribution in [0.15, 0.2) is 53.5 Å². The van der Waals surface area contributed by atoms with E-state index in [1.807, 2.05) is 23.2 Å². The van der Waals surface area contributed by atoms with Crippen molar-refractivity contribution in [1.82, 2.24) is 24.8 Å². The first-order valence-corrected chi connectivity index (χ1v) is 11.2. The van der Waals surface area contributed by atoms with E-state index in [4.69, 9.17) is 14.4 Å². The highest BCUT2D eigenvalue weighted by Crippen LogP contribution is 2.34. The standard InChI is InChI=1S/C24H28N6O2/c1-28-11-13-29(14-12-28)24-26-16-20(18-6-8-25-9-7-18)22(27-24)19-4-2-10-30(17-19)23(31)21-5-3-15-32-21/h3,5-9,15-16,19H,2,4,10-14,17H2,1H3/t19-/m1/s1. The van der Waals surface area contributed by atoms with Crippen molar-refractivity contribution in [1.29, 1.82) is 0 Å². The zero-order chi connectivity index (χ0) is 21.9. The summed E-state index contributed by atoms with van der Waals surface area (Å²) >= 11 is 0. The highest BCUT2D eigenvalue weighted by molar-refractivity contribution is 5.91. The summed E-state index contributed by atoms with van der Waals surface area (Å²) in [6, 6.07) is 7.46. The van der Waals surface area contributed by atoms with Crippen LogP contribution >= 0.6 is 0 Å². The van der Waals surface area contributed by atoms with Gasteiger partial charge in [0.25, 0.3) is 5.91 Å². The van der Waals surface area contributed by atoms with Crippen molar-refractivity contribution in [2.24, 2.45) is 0 Å². The molecule has 0 unspecified atom stereocenters. The molecule has 2 saturated heterocycles. The number of piperazine rings is 1. The number of amides is 1. The number of hydrogen-bond donors (Lipinski definition) is 0. The second kappa shape index (κ2) is 9.08. The minimum absolute atomic E-state index is 0.0569. The fourth-order valence-corrected chi connectivity index (χ4v) is 4.55. The minimum atomic E-state index is -0.0569. The van der Waals surface area contributed by atoms with E-state index < -0.39 is 0 Å². The molecule has 3 aromatic rings. The predicted molar refractivity (Wildman–Crippen MR) is 122 cm³/mol. The summed E-state index contributed by atoms with van der Waals surface area (Å²) in [6.45, 7) is 5.18. The quantitative estimate of drug-likeness (QED) is 0.627. The first kappa shape index (κ1) is 20.6. The average Bonchev–Trinajstić information content (AvgIpc) is 3.39. The molecule has 2 aliphatic heterocycles. The molecule has 32 heavy (non-hydrogen) atoms. The first-order chi connectivity index (χ1) is 15.7. The normalized spacial score (nSPS) is 19.8. The van der Waals surface area contributed by atoms with Gasteiger partial charge in [0.2, 0.25) is 5.95 Å². The maximum absolute atomic E-state index is 12.9. The Morgan fingerprint density at radius 1 is 1.09 bits per heavy atom. The fraction of sp³-hybridized carbons (Fsp3) is 0.417. The van der Waals surface area contributed by atoms with Gasteiger partial charge < -0.3 is 19.1 Å². The number of likely N-dealkylation sites (N-methyl/N-ethyl adjacent to an activating group) is 1. The zero-order valence-corrected chi connectivity index (χ0v) is 18.4. The fourth-order valence-electron chi connectivity index (χ4n) is 4.55. The maximum atomic E-state index is 12.9.